The van der Waals surface area contributed by atoms with Gasteiger partial charge in [-0.1, -0.05) is 12.1 Å². The van der Waals surface area contributed by atoms with Crippen molar-refractivity contribution in [2.45, 2.75) is 11.8 Å². The highest BCUT2D eigenvalue weighted by Gasteiger charge is 1.82. The number of rotatable bonds is 0. The molecule has 0 aliphatic rings. The van der Waals surface area contributed by atoms with Gasteiger partial charge in [-0.25, -0.2) is 0 Å². The maximum Gasteiger partial charge on any atom is 0.0122 e. The van der Waals surface area contributed by atoms with Crippen molar-refractivity contribution in [2.75, 3.05) is 0 Å². The van der Waals surface area contributed by atoms with E-state index in [1.807, 2.05) is 25.1 Å². The average Bonchev–Trinajstić information content (AvgIpc) is 1.64. The third-order valence-corrected chi connectivity index (χ3v) is 1.20. The number of hydrogen-bond donors (Lipinski definition) is 1. The van der Waals surface area contributed by atoms with Gasteiger partial charge in [0.1, 0.15) is 0 Å². The first-order valence-electron chi connectivity index (χ1n) is 2.46. The summed E-state index contributed by atoms with van der Waals surface area (Å²) in [7, 11) is 0. The SMILES string of the molecule is Cc1cc[c]c(S)c1. The summed E-state index contributed by atoms with van der Waals surface area (Å²) in [4.78, 5) is 0.907. The van der Waals surface area contributed by atoms with Gasteiger partial charge in [0.2, 0.25) is 0 Å². The molecule has 1 radical (unpaired) electrons. The van der Waals surface area contributed by atoms with E-state index in [4.69, 9.17) is 0 Å². The fourth-order valence-electron chi connectivity index (χ4n) is 0.564. The monoisotopic (exact) mass is 123 g/mol. The molecule has 0 unspecified atom stereocenters. The zero-order valence-corrected chi connectivity index (χ0v) is 5.57. The van der Waals surface area contributed by atoms with E-state index in [1.165, 1.54) is 5.56 Å². The Kier molecular flexibility index (Phi) is 1.59. The van der Waals surface area contributed by atoms with Crippen molar-refractivity contribution < 1.29 is 0 Å². The Morgan fingerprint density at radius 3 is 2.75 bits per heavy atom. The first-order chi connectivity index (χ1) is 3.79. The van der Waals surface area contributed by atoms with Gasteiger partial charge in [0.05, 0.1) is 0 Å². The molecular weight excluding hydrogens is 116 g/mol. The van der Waals surface area contributed by atoms with Gasteiger partial charge in [-0.3, -0.25) is 0 Å². The van der Waals surface area contributed by atoms with Crippen LogP contribution in [0.2, 0.25) is 0 Å². The molecule has 0 spiro atoms. The molecule has 1 aromatic rings. The van der Waals surface area contributed by atoms with Crippen molar-refractivity contribution in [3.8, 4) is 0 Å². The minimum atomic E-state index is 0.907. The quantitative estimate of drug-likeness (QED) is 0.502. The van der Waals surface area contributed by atoms with E-state index in [9.17, 15) is 0 Å². The van der Waals surface area contributed by atoms with Crippen molar-refractivity contribution in [3.63, 3.8) is 0 Å². The molecule has 1 heteroatoms. The van der Waals surface area contributed by atoms with E-state index in [1.54, 1.807) is 0 Å². The molecule has 0 bridgehead atoms. The topological polar surface area (TPSA) is 0 Å². The number of aryl methyl sites for hydroxylation is 1. The van der Waals surface area contributed by atoms with Crippen LogP contribution < -0.4 is 0 Å². The van der Waals surface area contributed by atoms with E-state index < -0.39 is 0 Å². The van der Waals surface area contributed by atoms with Gasteiger partial charge in [0, 0.05) is 4.90 Å². The number of benzene rings is 1. The first-order valence-corrected chi connectivity index (χ1v) is 2.91. The van der Waals surface area contributed by atoms with Crippen LogP contribution in [0.15, 0.2) is 23.1 Å². The van der Waals surface area contributed by atoms with Gasteiger partial charge in [0.15, 0.2) is 0 Å². The van der Waals surface area contributed by atoms with E-state index in [0.29, 0.717) is 0 Å². The lowest BCUT2D eigenvalue weighted by molar-refractivity contribution is 1.36. The van der Waals surface area contributed by atoms with E-state index in [-0.39, 0.29) is 0 Å². The molecule has 1 aromatic carbocycles. The fourth-order valence-corrected chi connectivity index (χ4v) is 0.842. The van der Waals surface area contributed by atoms with Crippen LogP contribution in [-0.2, 0) is 0 Å². The molecule has 8 heavy (non-hydrogen) atoms. The van der Waals surface area contributed by atoms with Crippen LogP contribution in [0.3, 0.4) is 0 Å². The molecule has 0 N–H and O–H groups in total. The summed E-state index contributed by atoms with van der Waals surface area (Å²) in [6.45, 7) is 2.04. The summed E-state index contributed by atoms with van der Waals surface area (Å²) >= 11 is 4.10. The minimum absolute atomic E-state index is 0.907. The summed E-state index contributed by atoms with van der Waals surface area (Å²) in [5.41, 5.74) is 1.23. The fraction of sp³-hybridized carbons (Fsp3) is 0.143. The lowest BCUT2D eigenvalue weighted by Gasteiger charge is -1.89. The van der Waals surface area contributed by atoms with E-state index in [2.05, 4.69) is 18.7 Å². The molecule has 0 saturated carbocycles. The normalized spacial score (nSPS) is 9.25. The van der Waals surface area contributed by atoms with Crippen molar-refractivity contribution in [3.05, 3.63) is 29.8 Å². The highest BCUT2D eigenvalue weighted by Crippen LogP contribution is 2.05. The Hall–Kier alpha value is -0.430. The Balaban J connectivity index is 3.08. The molecule has 0 aromatic heterocycles. The van der Waals surface area contributed by atoms with Gasteiger partial charge >= 0.3 is 0 Å². The third kappa shape index (κ3) is 1.27. The van der Waals surface area contributed by atoms with E-state index >= 15 is 0 Å². The molecule has 0 aliphatic carbocycles. The van der Waals surface area contributed by atoms with Gasteiger partial charge in [-0.05, 0) is 24.6 Å². The highest BCUT2D eigenvalue weighted by atomic mass is 32.1. The molecule has 0 atom stereocenters. The summed E-state index contributed by atoms with van der Waals surface area (Å²) in [6, 6.07) is 8.78. The lowest BCUT2D eigenvalue weighted by atomic mass is 10.2. The zero-order chi connectivity index (χ0) is 5.98. The Bertz CT molecular complexity index is 164. The first kappa shape index (κ1) is 5.70. The van der Waals surface area contributed by atoms with Crippen molar-refractivity contribution in [2.24, 2.45) is 0 Å². The molecular formula is C7H7S. The Labute approximate surface area is 55.0 Å². The number of hydrogen-bond acceptors (Lipinski definition) is 1. The second-order valence-electron chi connectivity index (χ2n) is 1.75. The van der Waals surface area contributed by atoms with E-state index in [0.717, 1.165) is 4.90 Å². The Morgan fingerprint density at radius 2 is 2.38 bits per heavy atom. The summed E-state index contributed by atoms with van der Waals surface area (Å²) in [5, 5.41) is 0. The van der Waals surface area contributed by atoms with Crippen molar-refractivity contribution >= 4 is 12.6 Å². The Morgan fingerprint density at radius 1 is 1.62 bits per heavy atom. The second-order valence-corrected chi connectivity index (χ2v) is 2.23. The van der Waals surface area contributed by atoms with Crippen LogP contribution in [0.4, 0.5) is 0 Å². The second kappa shape index (κ2) is 2.23. The summed E-state index contributed by atoms with van der Waals surface area (Å²) in [5.74, 6) is 0. The standard InChI is InChI=1S/C7H7S/c1-6-3-2-4-7(8)5-6/h2-3,5,8H,1H3. The highest BCUT2D eigenvalue weighted by molar-refractivity contribution is 7.80. The largest absolute Gasteiger partial charge is 0.143 e. The third-order valence-electron chi connectivity index (χ3n) is 0.942. The van der Waals surface area contributed by atoms with Gasteiger partial charge in [-0.2, -0.15) is 0 Å². The molecule has 41 valence electrons. The molecule has 0 amide bonds. The van der Waals surface area contributed by atoms with Crippen LogP contribution in [0, 0.1) is 13.0 Å². The van der Waals surface area contributed by atoms with Crippen molar-refractivity contribution in [1.29, 1.82) is 0 Å². The van der Waals surface area contributed by atoms with Gasteiger partial charge < -0.3 is 0 Å². The summed E-state index contributed by atoms with van der Waals surface area (Å²) < 4.78 is 0. The summed E-state index contributed by atoms with van der Waals surface area (Å²) in [6.07, 6.45) is 0. The molecule has 0 heterocycles. The molecule has 1 rings (SSSR count). The zero-order valence-electron chi connectivity index (χ0n) is 4.68. The van der Waals surface area contributed by atoms with Gasteiger partial charge in [-0.15, -0.1) is 12.6 Å². The maximum absolute atomic E-state index is 4.10. The maximum atomic E-state index is 4.10. The van der Waals surface area contributed by atoms with Gasteiger partial charge in [0.25, 0.3) is 0 Å². The number of thiol groups is 1. The molecule has 0 nitrogen and oxygen atoms in total. The van der Waals surface area contributed by atoms with Crippen LogP contribution >= 0.6 is 12.6 Å². The average molecular weight is 123 g/mol. The molecule has 0 fully saturated rings. The van der Waals surface area contributed by atoms with Crippen LogP contribution in [0.5, 0.6) is 0 Å². The predicted octanol–water partition coefficient (Wildman–Crippen LogP) is 2.08. The smallest absolute Gasteiger partial charge is 0.0122 e. The van der Waals surface area contributed by atoms with Crippen LogP contribution in [-0.4, -0.2) is 0 Å². The molecule has 0 saturated heterocycles. The lowest BCUT2D eigenvalue weighted by Crippen LogP contribution is -1.68. The van der Waals surface area contributed by atoms with Crippen LogP contribution in [0.1, 0.15) is 5.56 Å². The van der Waals surface area contributed by atoms with Crippen molar-refractivity contribution in [1.82, 2.24) is 0 Å². The minimum Gasteiger partial charge on any atom is -0.143 e. The van der Waals surface area contributed by atoms with Crippen LogP contribution in [0.25, 0.3) is 0 Å². The molecule has 0 aliphatic heterocycles. The predicted molar refractivity (Wildman–Crippen MR) is 37.3 cm³/mol.